The molecule has 24 heavy (non-hydrogen) atoms. The van der Waals surface area contributed by atoms with Crippen LogP contribution >= 0.6 is 0 Å². The maximum atomic E-state index is 13.9. The molecule has 0 saturated carbocycles. The second kappa shape index (κ2) is 6.20. The highest BCUT2D eigenvalue weighted by Crippen LogP contribution is 2.37. The summed E-state index contributed by atoms with van der Waals surface area (Å²) in [7, 11) is 0. The Morgan fingerprint density at radius 2 is 1.79 bits per heavy atom. The van der Waals surface area contributed by atoms with Gasteiger partial charge in [-0.15, -0.1) is 0 Å². The standard InChI is InChI=1S/C18H19FN2O3/c19-14-3-1-2-4-15(14)21-7-5-20(6-8-21)11-13-9-17-18(10-16(13)22)24-12-23-17/h1-4,9-10,22H,5-8,11-12H2/p+1. The average molecular weight is 331 g/mol. The first-order chi connectivity index (χ1) is 11.7. The zero-order chi connectivity index (χ0) is 16.5. The molecule has 2 N–H and O–H groups in total. The average Bonchev–Trinajstić information content (AvgIpc) is 3.03. The summed E-state index contributed by atoms with van der Waals surface area (Å²) in [5, 5.41) is 10.2. The Hall–Kier alpha value is -2.47. The molecule has 6 heteroatoms. The summed E-state index contributed by atoms with van der Waals surface area (Å²) in [5.74, 6) is 1.35. The minimum absolute atomic E-state index is 0.172. The van der Waals surface area contributed by atoms with E-state index in [-0.39, 0.29) is 18.4 Å². The Balaban J connectivity index is 1.41. The number of fused-ring (bicyclic) bond motifs is 1. The molecule has 2 aromatic rings. The van der Waals surface area contributed by atoms with Crippen LogP contribution in [0.1, 0.15) is 5.56 Å². The molecular formula is C18H20FN2O3+. The number of phenolic OH excluding ortho intramolecular Hbond substituents is 1. The van der Waals surface area contributed by atoms with E-state index in [1.54, 1.807) is 12.1 Å². The number of aromatic hydroxyl groups is 1. The van der Waals surface area contributed by atoms with Gasteiger partial charge in [0.05, 0.1) is 37.4 Å². The summed E-state index contributed by atoms with van der Waals surface area (Å²) in [6, 6.07) is 10.4. The second-order valence-electron chi connectivity index (χ2n) is 6.20. The van der Waals surface area contributed by atoms with Gasteiger partial charge in [0.25, 0.3) is 0 Å². The summed E-state index contributed by atoms with van der Waals surface area (Å²) in [6.07, 6.45) is 0. The van der Waals surface area contributed by atoms with Crippen molar-refractivity contribution in [3.05, 3.63) is 47.8 Å². The van der Waals surface area contributed by atoms with Crippen LogP contribution in [0, 0.1) is 5.82 Å². The van der Waals surface area contributed by atoms with Gasteiger partial charge < -0.3 is 24.4 Å². The first-order valence-corrected chi connectivity index (χ1v) is 8.15. The van der Waals surface area contributed by atoms with Crippen LogP contribution in [0.25, 0.3) is 0 Å². The molecule has 0 spiro atoms. The van der Waals surface area contributed by atoms with E-state index >= 15 is 0 Å². The molecule has 2 aromatic carbocycles. The predicted molar refractivity (Wildman–Crippen MR) is 87.2 cm³/mol. The van der Waals surface area contributed by atoms with Crippen LogP contribution in [-0.2, 0) is 6.54 Å². The maximum absolute atomic E-state index is 13.9. The van der Waals surface area contributed by atoms with Crippen molar-refractivity contribution in [2.75, 3.05) is 37.9 Å². The van der Waals surface area contributed by atoms with E-state index in [1.807, 2.05) is 18.2 Å². The van der Waals surface area contributed by atoms with E-state index in [2.05, 4.69) is 4.90 Å². The van der Waals surface area contributed by atoms with Crippen LogP contribution < -0.4 is 19.3 Å². The van der Waals surface area contributed by atoms with Crippen LogP contribution in [0.4, 0.5) is 10.1 Å². The second-order valence-corrected chi connectivity index (χ2v) is 6.20. The Bertz CT molecular complexity index is 745. The summed E-state index contributed by atoms with van der Waals surface area (Å²) in [4.78, 5) is 3.44. The quantitative estimate of drug-likeness (QED) is 0.886. The number of anilines is 1. The molecule has 0 unspecified atom stereocenters. The van der Waals surface area contributed by atoms with Gasteiger partial charge in [0.15, 0.2) is 11.5 Å². The van der Waals surface area contributed by atoms with Gasteiger partial charge in [-0.25, -0.2) is 4.39 Å². The minimum atomic E-state index is -0.172. The normalized spacial score (nSPS) is 17.3. The molecule has 1 saturated heterocycles. The van der Waals surface area contributed by atoms with Crippen LogP contribution in [-0.4, -0.2) is 38.1 Å². The van der Waals surface area contributed by atoms with Gasteiger partial charge in [0, 0.05) is 6.07 Å². The summed E-state index contributed by atoms with van der Waals surface area (Å²) in [6.45, 7) is 4.29. The van der Waals surface area contributed by atoms with Crippen molar-refractivity contribution in [2.24, 2.45) is 0 Å². The smallest absolute Gasteiger partial charge is 0.231 e. The zero-order valence-corrected chi connectivity index (χ0v) is 13.3. The number of nitrogens with zero attached hydrogens (tertiary/aromatic N) is 1. The number of halogens is 1. The number of quaternary nitrogens is 1. The van der Waals surface area contributed by atoms with Crippen LogP contribution in [0.3, 0.4) is 0 Å². The van der Waals surface area contributed by atoms with Gasteiger partial charge in [0.2, 0.25) is 6.79 Å². The Kier molecular flexibility index (Phi) is 3.90. The largest absolute Gasteiger partial charge is 0.507 e. The van der Waals surface area contributed by atoms with E-state index in [0.29, 0.717) is 23.7 Å². The molecule has 4 rings (SSSR count). The van der Waals surface area contributed by atoms with E-state index in [4.69, 9.17) is 9.47 Å². The molecule has 126 valence electrons. The zero-order valence-electron chi connectivity index (χ0n) is 13.3. The lowest BCUT2D eigenvalue weighted by molar-refractivity contribution is -0.914. The first kappa shape index (κ1) is 15.1. The number of nitrogens with one attached hydrogen (secondary N) is 1. The lowest BCUT2D eigenvalue weighted by atomic mass is 10.1. The number of piperazine rings is 1. The van der Waals surface area contributed by atoms with Crippen molar-refractivity contribution in [2.45, 2.75) is 6.54 Å². The summed E-state index contributed by atoms with van der Waals surface area (Å²) >= 11 is 0. The van der Waals surface area contributed by atoms with Gasteiger partial charge in [-0.2, -0.15) is 0 Å². The molecule has 1 fully saturated rings. The number of phenols is 1. The van der Waals surface area contributed by atoms with E-state index < -0.39 is 0 Å². The Labute approximate surface area is 139 Å². The predicted octanol–water partition coefficient (Wildman–Crippen LogP) is 1.17. The van der Waals surface area contributed by atoms with Crippen molar-refractivity contribution in [1.29, 1.82) is 0 Å². The molecule has 0 aromatic heterocycles. The fraction of sp³-hybridized carbons (Fsp3) is 0.333. The number of hydrogen-bond donors (Lipinski definition) is 2. The van der Waals surface area contributed by atoms with Gasteiger partial charge in [-0.3, -0.25) is 0 Å². The molecule has 0 radical (unpaired) electrons. The lowest BCUT2D eigenvalue weighted by Crippen LogP contribution is -3.13. The molecule has 0 bridgehead atoms. The molecule has 0 amide bonds. The fourth-order valence-corrected chi connectivity index (χ4v) is 3.33. The molecule has 2 heterocycles. The number of ether oxygens (including phenoxy) is 2. The highest BCUT2D eigenvalue weighted by molar-refractivity contribution is 5.51. The number of para-hydroxylation sites is 1. The molecule has 5 nitrogen and oxygen atoms in total. The number of rotatable bonds is 3. The van der Waals surface area contributed by atoms with Gasteiger partial charge in [-0.1, -0.05) is 12.1 Å². The minimum Gasteiger partial charge on any atom is -0.507 e. The Morgan fingerprint density at radius 3 is 2.54 bits per heavy atom. The number of hydrogen-bond acceptors (Lipinski definition) is 4. The Morgan fingerprint density at radius 1 is 1.08 bits per heavy atom. The van der Waals surface area contributed by atoms with Gasteiger partial charge in [-0.05, 0) is 18.2 Å². The van der Waals surface area contributed by atoms with E-state index in [1.165, 1.54) is 11.0 Å². The van der Waals surface area contributed by atoms with Crippen molar-refractivity contribution in [3.63, 3.8) is 0 Å². The third kappa shape index (κ3) is 2.85. The lowest BCUT2D eigenvalue weighted by Gasteiger charge is -2.33. The van der Waals surface area contributed by atoms with Crippen LogP contribution in [0.15, 0.2) is 36.4 Å². The third-order valence-electron chi connectivity index (χ3n) is 4.68. The monoisotopic (exact) mass is 331 g/mol. The van der Waals surface area contributed by atoms with E-state index in [0.717, 1.165) is 31.7 Å². The molecular weight excluding hydrogens is 311 g/mol. The maximum Gasteiger partial charge on any atom is 0.231 e. The van der Waals surface area contributed by atoms with Crippen molar-refractivity contribution in [1.82, 2.24) is 0 Å². The topological polar surface area (TPSA) is 46.4 Å². The van der Waals surface area contributed by atoms with Crippen molar-refractivity contribution in [3.8, 4) is 17.2 Å². The summed E-state index contributed by atoms with van der Waals surface area (Å²) in [5.41, 5.74) is 1.52. The number of benzene rings is 2. The molecule has 2 aliphatic rings. The van der Waals surface area contributed by atoms with Crippen molar-refractivity contribution < 1.29 is 23.9 Å². The van der Waals surface area contributed by atoms with Gasteiger partial charge in [0.1, 0.15) is 18.1 Å². The van der Waals surface area contributed by atoms with E-state index in [9.17, 15) is 9.50 Å². The van der Waals surface area contributed by atoms with Gasteiger partial charge >= 0.3 is 0 Å². The highest BCUT2D eigenvalue weighted by atomic mass is 19.1. The fourth-order valence-electron chi connectivity index (χ4n) is 3.33. The highest BCUT2D eigenvalue weighted by Gasteiger charge is 2.24. The molecule has 2 aliphatic heterocycles. The molecule has 0 aliphatic carbocycles. The first-order valence-electron chi connectivity index (χ1n) is 8.15. The van der Waals surface area contributed by atoms with Crippen LogP contribution in [0.2, 0.25) is 0 Å². The summed E-state index contributed by atoms with van der Waals surface area (Å²) < 4.78 is 24.5. The molecule has 0 atom stereocenters. The SMILES string of the molecule is Oc1cc2c(cc1C[NH+]1CCN(c3ccccc3F)CC1)OCO2. The third-order valence-corrected chi connectivity index (χ3v) is 4.68. The van der Waals surface area contributed by atoms with Crippen LogP contribution in [0.5, 0.6) is 17.2 Å². The van der Waals surface area contributed by atoms with Crippen molar-refractivity contribution >= 4 is 5.69 Å².